The lowest BCUT2D eigenvalue weighted by Crippen LogP contribution is -2.46. The van der Waals surface area contributed by atoms with Crippen LogP contribution in [0.25, 0.3) is 10.9 Å². The number of aromatic nitrogens is 2. The molecule has 4 N–H and O–H groups in total. The van der Waals surface area contributed by atoms with Gasteiger partial charge >= 0.3 is 0 Å². The van der Waals surface area contributed by atoms with E-state index in [4.69, 9.17) is 9.41 Å². The summed E-state index contributed by atoms with van der Waals surface area (Å²) in [7, 11) is 1.94. The molecule has 1 aromatic carbocycles. The molecule has 3 heterocycles. The van der Waals surface area contributed by atoms with Crippen molar-refractivity contribution in [2.75, 3.05) is 17.7 Å². The van der Waals surface area contributed by atoms with Gasteiger partial charge in [-0.3, -0.25) is 10.4 Å². The highest BCUT2D eigenvalue weighted by atomic mass is 16.3. The van der Waals surface area contributed by atoms with Crippen LogP contribution in [-0.2, 0) is 5.66 Å². The van der Waals surface area contributed by atoms with Crippen LogP contribution in [0.15, 0.2) is 39.9 Å². The summed E-state index contributed by atoms with van der Waals surface area (Å²) < 4.78 is 5.75. The molecule has 1 atom stereocenters. The van der Waals surface area contributed by atoms with Gasteiger partial charge in [0.1, 0.15) is 0 Å². The van der Waals surface area contributed by atoms with Crippen molar-refractivity contribution in [1.82, 2.24) is 15.5 Å². The number of benzene rings is 1. The van der Waals surface area contributed by atoms with E-state index in [1.807, 2.05) is 32.2 Å². The van der Waals surface area contributed by atoms with Crippen LogP contribution in [-0.4, -0.2) is 23.2 Å². The highest BCUT2D eigenvalue weighted by Gasteiger charge is 2.51. The molecule has 0 amide bonds. The molecule has 7 nitrogen and oxygen atoms in total. The molecule has 3 aromatic rings. The van der Waals surface area contributed by atoms with E-state index >= 15 is 0 Å². The normalized spacial score (nSPS) is 22.4. The SMILES string of the molecule is CNC1(C2CC2)N=C(Nc2ccc3c(C)[nH]nc3c2)Nc2ccoc21. The Labute approximate surface area is 144 Å². The van der Waals surface area contributed by atoms with Crippen LogP contribution in [0.4, 0.5) is 11.4 Å². The van der Waals surface area contributed by atoms with E-state index in [-0.39, 0.29) is 0 Å². The highest BCUT2D eigenvalue weighted by Crippen LogP contribution is 2.50. The second-order valence-electron chi connectivity index (χ2n) is 6.75. The minimum absolute atomic E-state index is 0.456. The molecule has 2 aromatic heterocycles. The lowest BCUT2D eigenvalue weighted by Gasteiger charge is -2.33. The molecule has 7 heteroatoms. The predicted octanol–water partition coefficient (Wildman–Crippen LogP) is 3.14. The molecule has 25 heavy (non-hydrogen) atoms. The zero-order valence-corrected chi connectivity index (χ0v) is 14.2. The van der Waals surface area contributed by atoms with Crippen LogP contribution < -0.4 is 16.0 Å². The Bertz CT molecular complexity index is 983. The number of furan rings is 1. The number of rotatable bonds is 3. The minimum Gasteiger partial charge on any atom is -0.463 e. The Morgan fingerprint density at radius 1 is 1.28 bits per heavy atom. The van der Waals surface area contributed by atoms with Gasteiger partial charge in [-0.15, -0.1) is 0 Å². The van der Waals surface area contributed by atoms with Crippen LogP contribution in [0.2, 0.25) is 0 Å². The summed E-state index contributed by atoms with van der Waals surface area (Å²) in [6, 6.07) is 8.07. The fourth-order valence-electron chi connectivity index (χ4n) is 3.66. The number of aromatic amines is 1. The smallest absolute Gasteiger partial charge is 0.202 e. The van der Waals surface area contributed by atoms with Crippen LogP contribution in [0, 0.1) is 12.8 Å². The summed E-state index contributed by atoms with van der Waals surface area (Å²) in [6.07, 6.45) is 4.01. The molecule has 0 spiro atoms. The summed E-state index contributed by atoms with van der Waals surface area (Å²) >= 11 is 0. The van der Waals surface area contributed by atoms with E-state index in [1.54, 1.807) is 6.26 Å². The van der Waals surface area contributed by atoms with Crippen molar-refractivity contribution in [3.05, 3.63) is 42.0 Å². The number of nitrogens with zero attached hydrogens (tertiary/aromatic N) is 2. The standard InChI is InChI=1S/C18H20N6O/c1-10-13-6-5-12(9-15(13)24-23-10)20-17-21-14-7-8-25-16(14)18(19-2,22-17)11-3-4-11/h5-9,11,19H,3-4H2,1-2H3,(H,23,24)(H2,20,21,22). The zero-order chi connectivity index (χ0) is 17.0. The van der Waals surface area contributed by atoms with Gasteiger partial charge in [0, 0.05) is 28.8 Å². The van der Waals surface area contributed by atoms with Crippen molar-refractivity contribution in [2.24, 2.45) is 10.9 Å². The molecule has 0 saturated heterocycles. The summed E-state index contributed by atoms with van der Waals surface area (Å²) in [6.45, 7) is 2.02. The van der Waals surface area contributed by atoms with Gasteiger partial charge in [0.15, 0.2) is 11.4 Å². The average Bonchev–Trinajstić information content (AvgIpc) is 3.27. The Morgan fingerprint density at radius 3 is 2.96 bits per heavy atom. The molecule has 0 radical (unpaired) electrons. The van der Waals surface area contributed by atoms with Gasteiger partial charge in [0.2, 0.25) is 5.96 Å². The van der Waals surface area contributed by atoms with Crippen molar-refractivity contribution < 1.29 is 4.42 Å². The molecular weight excluding hydrogens is 316 g/mol. The number of H-pyrrole nitrogens is 1. The first-order valence-electron chi connectivity index (χ1n) is 8.55. The molecule has 1 fully saturated rings. The molecule has 1 unspecified atom stereocenters. The van der Waals surface area contributed by atoms with E-state index in [9.17, 15) is 0 Å². The third-order valence-electron chi connectivity index (χ3n) is 5.11. The molecule has 1 aliphatic heterocycles. The number of aryl methyl sites for hydroxylation is 1. The lowest BCUT2D eigenvalue weighted by atomic mass is 9.99. The van der Waals surface area contributed by atoms with E-state index < -0.39 is 5.66 Å². The second-order valence-corrected chi connectivity index (χ2v) is 6.75. The number of hydrogen-bond donors (Lipinski definition) is 4. The molecule has 1 saturated carbocycles. The Balaban J connectivity index is 1.52. The number of guanidine groups is 1. The quantitative estimate of drug-likeness (QED) is 0.590. The van der Waals surface area contributed by atoms with Crippen molar-refractivity contribution in [3.8, 4) is 0 Å². The van der Waals surface area contributed by atoms with Gasteiger partial charge < -0.3 is 15.1 Å². The second kappa shape index (κ2) is 5.10. The molecule has 2 aliphatic rings. The molecule has 5 rings (SSSR count). The van der Waals surface area contributed by atoms with E-state index in [1.165, 1.54) is 0 Å². The molecule has 1 aliphatic carbocycles. The Hall–Kier alpha value is -2.80. The first-order valence-corrected chi connectivity index (χ1v) is 8.55. The minimum atomic E-state index is -0.501. The van der Waals surface area contributed by atoms with Crippen molar-refractivity contribution in [3.63, 3.8) is 0 Å². The Kier molecular flexibility index (Phi) is 2.96. The van der Waals surface area contributed by atoms with Gasteiger partial charge in [0.05, 0.1) is 17.5 Å². The molecule has 0 bridgehead atoms. The van der Waals surface area contributed by atoms with Crippen LogP contribution in [0.5, 0.6) is 0 Å². The van der Waals surface area contributed by atoms with E-state index in [2.05, 4.69) is 32.2 Å². The first kappa shape index (κ1) is 14.5. The topological polar surface area (TPSA) is 90.3 Å². The van der Waals surface area contributed by atoms with Crippen molar-refractivity contribution >= 4 is 28.2 Å². The van der Waals surface area contributed by atoms with Gasteiger partial charge in [0.25, 0.3) is 0 Å². The van der Waals surface area contributed by atoms with Crippen LogP contribution >= 0.6 is 0 Å². The average molecular weight is 336 g/mol. The first-order chi connectivity index (χ1) is 12.2. The number of anilines is 2. The number of fused-ring (bicyclic) bond motifs is 2. The third kappa shape index (κ3) is 2.16. The predicted molar refractivity (Wildman–Crippen MR) is 97.7 cm³/mol. The lowest BCUT2D eigenvalue weighted by molar-refractivity contribution is 0.261. The summed E-state index contributed by atoms with van der Waals surface area (Å²) in [5.74, 6) is 2.03. The largest absolute Gasteiger partial charge is 0.463 e. The zero-order valence-electron chi connectivity index (χ0n) is 14.2. The summed E-state index contributed by atoms with van der Waals surface area (Å²) in [5.41, 5.74) is 3.40. The van der Waals surface area contributed by atoms with Gasteiger partial charge in [-0.05, 0) is 45.0 Å². The number of nitrogens with one attached hydrogen (secondary N) is 4. The third-order valence-corrected chi connectivity index (χ3v) is 5.11. The fourth-order valence-corrected chi connectivity index (χ4v) is 3.66. The van der Waals surface area contributed by atoms with E-state index in [0.29, 0.717) is 11.9 Å². The number of aliphatic imine (C=N–C) groups is 1. The summed E-state index contributed by atoms with van der Waals surface area (Å²) in [4.78, 5) is 4.95. The molecule has 128 valence electrons. The van der Waals surface area contributed by atoms with Crippen LogP contribution in [0.3, 0.4) is 0 Å². The highest BCUT2D eigenvalue weighted by molar-refractivity contribution is 6.06. The van der Waals surface area contributed by atoms with Gasteiger partial charge in [-0.25, -0.2) is 4.99 Å². The van der Waals surface area contributed by atoms with Gasteiger partial charge in [-0.2, -0.15) is 5.10 Å². The Morgan fingerprint density at radius 2 is 2.16 bits per heavy atom. The van der Waals surface area contributed by atoms with Crippen LogP contribution in [0.1, 0.15) is 24.3 Å². The van der Waals surface area contributed by atoms with E-state index in [0.717, 1.165) is 46.6 Å². The fraction of sp³-hybridized carbons (Fsp3) is 0.333. The maximum atomic E-state index is 5.75. The molecular formula is C18H20N6O. The van der Waals surface area contributed by atoms with Gasteiger partial charge in [-0.1, -0.05) is 0 Å². The van der Waals surface area contributed by atoms with Crippen molar-refractivity contribution in [2.45, 2.75) is 25.4 Å². The number of hydrogen-bond acceptors (Lipinski definition) is 6. The maximum Gasteiger partial charge on any atom is 0.202 e. The monoisotopic (exact) mass is 336 g/mol. The maximum absolute atomic E-state index is 5.75. The van der Waals surface area contributed by atoms with Crippen molar-refractivity contribution in [1.29, 1.82) is 0 Å². The summed E-state index contributed by atoms with van der Waals surface area (Å²) in [5, 5.41) is 18.6.